The van der Waals surface area contributed by atoms with Gasteiger partial charge in [0.05, 0.1) is 16.5 Å². The molecular formula is C28H21N3O2. The highest BCUT2D eigenvalue weighted by Crippen LogP contribution is 2.29. The van der Waals surface area contributed by atoms with E-state index in [2.05, 4.69) is 29.6 Å². The fourth-order valence-corrected chi connectivity index (χ4v) is 4.69. The standard InChI is InChI=1S/C28H21N3O2/c32-27(29-14-13-19-12-11-18-6-3-4-9-22(18)19)23-10-5-15-31-26(23)30-25-17-21-8-2-1-7-20(21)16-24(25)28(31)33/h1-10,12,15-17H,11,13-14H2,(H,29,32). The Balaban J connectivity index is 1.32. The van der Waals surface area contributed by atoms with Gasteiger partial charge in [-0.2, -0.15) is 0 Å². The first-order valence-electron chi connectivity index (χ1n) is 11.1. The topological polar surface area (TPSA) is 63.5 Å². The molecule has 5 aromatic rings. The lowest BCUT2D eigenvalue weighted by atomic mass is 10.0. The van der Waals surface area contributed by atoms with Gasteiger partial charge in [-0.1, -0.05) is 54.6 Å². The van der Waals surface area contributed by atoms with E-state index < -0.39 is 0 Å². The highest BCUT2D eigenvalue weighted by molar-refractivity contribution is 6.02. The summed E-state index contributed by atoms with van der Waals surface area (Å²) in [6.07, 6.45) is 5.59. The second-order valence-electron chi connectivity index (χ2n) is 8.35. The number of hydrogen-bond acceptors (Lipinski definition) is 3. The molecule has 0 atom stereocenters. The van der Waals surface area contributed by atoms with Gasteiger partial charge in [0.15, 0.2) is 5.65 Å². The summed E-state index contributed by atoms with van der Waals surface area (Å²) < 4.78 is 1.46. The molecule has 1 amide bonds. The average molecular weight is 431 g/mol. The largest absolute Gasteiger partial charge is 0.352 e. The highest BCUT2D eigenvalue weighted by atomic mass is 16.1. The van der Waals surface area contributed by atoms with E-state index in [1.165, 1.54) is 21.1 Å². The molecule has 6 rings (SSSR count). The molecule has 5 heteroatoms. The van der Waals surface area contributed by atoms with Crippen LogP contribution in [-0.4, -0.2) is 21.8 Å². The van der Waals surface area contributed by atoms with Gasteiger partial charge in [-0.3, -0.25) is 14.0 Å². The summed E-state index contributed by atoms with van der Waals surface area (Å²) >= 11 is 0. The molecule has 33 heavy (non-hydrogen) atoms. The van der Waals surface area contributed by atoms with Crippen LogP contribution in [0.4, 0.5) is 0 Å². The van der Waals surface area contributed by atoms with E-state index in [4.69, 9.17) is 4.98 Å². The van der Waals surface area contributed by atoms with Gasteiger partial charge in [0.1, 0.15) is 0 Å². The van der Waals surface area contributed by atoms with Gasteiger partial charge in [0, 0.05) is 12.7 Å². The first-order valence-corrected chi connectivity index (χ1v) is 11.1. The molecule has 0 bridgehead atoms. The summed E-state index contributed by atoms with van der Waals surface area (Å²) in [5, 5.41) is 5.54. The summed E-state index contributed by atoms with van der Waals surface area (Å²) in [4.78, 5) is 31.0. The number of nitrogens with one attached hydrogen (secondary N) is 1. The summed E-state index contributed by atoms with van der Waals surface area (Å²) in [6.45, 7) is 0.516. The molecule has 1 aliphatic carbocycles. The molecule has 5 nitrogen and oxygen atoms in total. The number of benzene rings is 3. The molecule has 0 fully saturated rings. The number of hydrogen-bond donors (Lipinski definition) is 1. The van der Waals surface area contributed by atoms with Gasteiger partial charge in [-0.25, -0.2) is 4.98 Å². The van der Waals surface area contributed by atoms with Crippen LogP contribution in [0.25, 0.3) is 32.9 Å². The third-order valence-corrected chi connectivity index (χ3v) is 6.36. The molecule has 0 saturated carbocycles. The monoisotopic (exact) mass is 431 g/mol. The molecule has 0 aliphatic heterocycles. The van der Waals surface area contributed by atoms with Gasteiger partial charge in [-0.15, -0.1) is 0 Å². The van der Waals surface area contributed by atoms with Gasteiger partial charge >= 0.3 is 0 Å². The van der Waals surface area contributed by atoms with E-state index >= 15 is 0 Å². The van der Waals surface area contributed by atoms with E-state index in [1.807, 2.05) is 42.5 Å². The Morgan fingerprint density at radius 1 is 0.970 bits per heavy atom. The van der Waals surface area contributed by atoms with Crippen LogP contribution in [0.3, 0.4) is 0 Å². The second kappa shape index (κ2) is 7.71. The molecule has 0 spiro atoms. The van der Waals surface area contributed by atoms with Crippen LogP contribution < -0.4 is 10.9 Å². The van der Waals surface area contributed by atoms with E-state index in [-0.39, 0.29) is 11.5 Å². The van der Waals surface area contributed by atoms with Crippen molar-refractivity contribution in [2.75, 3.05) is 6.54 Å². The lowest BCUT2D eigenvalue weighted by Gasteiger charge is -2.11. The Bertz CT molecular complexity index is 1660. The minimum absolute atomic E-state index is 0.178. The van der Waals surface area contributed by atoms with E-state index in [9.17, 15) is 9.59 Å². The van der Waals surface area contributed by atoms with Crippen LogP contribution in [0, 0.1) is 0 Å². The molecule has 2 aromatic heterocycles. The van der Waals surface area contributed by atoms with E-state index in [1.54, 1.807) is 18.3 Å². The van der Waals surface area contributed by atoms with Crippen molar-refractivity contribution < 1.29 is 4.79 Å². The summed E-state index contributed by atoms with van der Waals surface area (Å²) in [5.41, 5.74) is 5.03. The Hall–Kier alpha value is -4.25. The molecule has 0 saturated heterocycles. The molecule has 3 aromatic carbocycles. The normalized spacial score (nSPS) is 12.8. The Morgan fingerprint density at radius 2 is 1.76 bits per heavy atom. The van der Waals surface area contributed by atoms with Crippen LogP contribution in [0.2, 0.25) is 0 Å². The van der Waals surface area contributed by atoms with Crippen LogP contribution in [-0.2, 0) is 6.42 Å². The van der Waals surface area contributed by atoms with Crippen LogP contribution in [0.5, 0.6) is 0 Å². The first kappa shape index (κ1) is 19.4. The van der Waals surface area contributed by atoms with Crippen LogP contribution in [0.1, 0.15) is 27.9 Å². The first-order chi connectivity index (χ1) is 16.2. The predicted molar refractivity (Wildman–Crippen MR) is 132 cm³/mol. The summed E-state index contributed by atoms with van der Waals surface area (Å²) in [5.74, 6) is -0.230. The number of fused-ring (bicyclic) bond motifs is 4. The fraction of sp³-hybridized carbons (Fsp3) is 0.107. The van der Waals surface area contributed by atoms with Crippen molar-refractivity contribution >= 4 is 38.8 Å². The van der Waals surface area contributed by atoms with Gasteiger partial charge < -0.3 is 5.32 Å². The molecule has 1 aliphatic rings. The molecule has 0 unspecified atom stereocenters. The Kier molecular flexibility index (Phi) is 4.54. The predicted octanol–water partition coefficient (Wildman–Crippen LogP) is 4.76. The zero-order chi connectivity index (χ0) is 22.4. The molecule has 160 valence electrons. The van der Waals surface area contributed by atoms with E-state index in [0.29, 0.717) is 28.7 Å². The van der Waals surface area contributed by atoms with Gasteiger partial charge in [0.25, 0.3) is 11.5 Å². The zero-order valence-corrected chi connectivity index (χ0v) is 17.9. The van der Waals surface area contributed by atoms with Crippen LogP contribution in [0.15, 0.2) is 89.9 Å². The maximum Gasteiger partial charge on any atom is 0.265 e. The van der Waals surface area contributed by atoms with Crippen molar-refractivity contribution in [1.82, 2.24) is 14.7 Å². The van der Waals surface area contributed by atoms with Crippen molar-refractivity contribution in [3.63, 3.8) is 0 Å². The van der Waals surface area contributed by atoms with Crippen molar-refractivity contribution in [3.8, 4) is 0 Å². The fourth-order valence-electron chi connectivity index (χ4n) is 4.69. The number of nitrogens with zero attached hydrogens (tertiary/aromatic N) is 2. The molecule has 0 radical (unpaired) electrons. The lowest BCUT2D eigenvalue weighted by Crippen LogP contribution is -2.27. The van der Waals surface area contributed by atoms with Crippen molar-refractivity contribution in [1.29, 1.82) is 0 Å². The minimum atomic E-state index is -0.230. The second-order valence-corrected chi connectivity index (χ2v) is 8.35. The Labute approximate surface area is 190 Å². The summed E-state index contributed by atoms with van der Waals surface area (Å²) in [7, 11) is 0. The number of carbonyl (C=O) groups excluding carboxylic acids is 1. The maximum atomic E-state index is 13.2. The van der Waals surface area contributed by atoms with Gasteiger partial charge in [0.2, 0.25) is 0 Å². The maximum absolute atomic E-state index is 13.2. The molecular weight excluding hydrogens is 410 g/mol. The third kappa shape index (κ3) is 3.29. The average Bonchev–Trinajstić information content (AvgIpc) is 3.26. The number of carbonyl (C=O) groups is 1. The molecule has 1 N–H and O–H groups in total. The van der Waals surface area contributed by atoms with Crippen molar-refractivity contribution in [2.45, 2.75) is 12.8 Å². The van der Waals surface area contributed by atoms with Crippen LogP contribution >= 0.6 is 0 Å². The minimum Gasteiger partial charge on any atom is -0.352 e. The summed E-state index contributed by atoms with van der Waals surface area (Å²) in [6, 6.07) is 23.5. The van der Waals surface area contributed by atoms with Crippen molar-refractivity contribution in [2.24, 2.45) is 0 Å². The smallest absolute Gasteiger partial charge is 0.265 e. The quantitative estimate of drug-likeness (QED) is 0.417. The number of amides is 1. The Morgan fingerprint density at radius 3 is 2.64 bits per heavy atom. The number of pyridine rings is 1. The highest BCUT2D eigenvalue weighted by Gasteiger charge is 2.16. The number of rotatable bonds is 4. The number of aromatic nitrogens is 2. The van der Waals surface area contributed by atoms with Gasteiger partial charge in [-0.05, 0) is 64.6 Å². The van der Waals surface area contributed by atoms with E-state index in [0.717, 1.165) is 23.6 Å². The zero-order valence-electron chi connectivity index (χ0n) is 17.9. The lowest BCUT2D eigenvalue weighted by molar-refractivity contribution is 0.0955. The number of allylic oxidation sites excluding steroid dienone is 1. The SMILES string of the molecule is O=C(NCCC1=CCc2ccccc21)c1cccn2c(=O)c3cc4ccccc4cc3nc12. The molecule has 2 heterocycles. The van der Waals surface area contributed by atoms with Crippen molar-refractivity contribution in [3.05, 3.63) is 112 Å². The third-order valence-electron chi connectivity index (χ3n) is 6.36.